The van der Waals surface area contributed by atoms with Gasteiger partial charge in [0.1, 0.15) is 0 Å². The Morgan fingerprint density at radius 1 is 1.00 bits per heavy atom. The maximum absolute atomic E-state index is 13.6. The van der Waals surface area contributed by atoms with Crippen molar-refractivity contribution >= 4 is 40.5 Å². The zero-order valence-electron chi connectivity index (χ0n) is 23.7. The summed E-state index contributed by atoms with van der Waals surface area (Å²) < 4.78 is 10.8. The van der Waals surface area contributed by atoms with Gasteiger partial charge < -0.3 is 19.3 Å². The Balaban J connectivity index is 1.50. The first kappa shape index (κ1) is 28.7. The first-order valence-electron chi connectivity index (χ1n) is 14.1. The molecule has 0 unspecified atom stereocenters. The van der Waals surface area contributed by atoms with Gasteiger partial charge in [0.2, 0.25) is 5.91 Å². The molecule has 3 heterocycles. The summed E-state index contributed by atoms with van der Waals surface area (Å²) in [4.78, 5) is 48.3. The Labute approximate surface area is 245 Å². The van der Waals surface area contributed by atoms with Gasteiger partial charge in [0.05, 0.1) is 42.9 Å². The van der Waals surface area contributed by atoms with E-state index in [0.717, 1.165) is 35.2 Å². The lowest BCUT2D eigenvalue weighted by Gasteiger charge is -2.37. The summed E-state index contributed by atoms with van der Waals surface area (Å²) in [5, 5.41) is 2.65. The van der Waals surface area contributed by atoms with Gasteiger partial charge in [-0.05, 0) is 44.6 Å². The number of hydrogen-bond donors (Lipinski definition) is 0. The van der Waals surface area contributed by atoms with Gasteiger partial charge >= 0.3 is 11.9 Å². The van der Waals surface area contributed by atoms with Crippen LogP contribution in [0.1, 0.15) is 55.8 Å². The summed E-state index contributed by atoms with van der Waals surface area (Å²) in [6.07, 6.45) is 1.60. The number of aryl methyl sites for hydroxylation is 1. The number of nitrogens with zero attached hydrogens (tertiary/aromatic N) is 3. The molecular weight excluding hydrogens is 538 g/mol. The fraction of sp³-hybridized carbons (Fsp3) is 0.375. The lowest BCUT2D eigenvalue weighted by Crippen LogP contribution is -2.44. The summed E-state index contributed by atoms with van der Waals surface area (Å²) in [5.74, 6) is -1.05. The van der Waals surface area contributed by atoms with Crippen LogP contribution in [0.15, 0.2) is 76.3 Å². The van der Waals surface area contributed by atoms with Gasteiger partial charge in [0.25, 0.3) is 0 Å². The second-order valence-corrected chi connectivity index (χ2v) is 11.1. The molecule has 1 fully saturated rings. The third-order valence-corrected chi connectivity index (χ3v) is 8.36. The molecule has 0 aliphatic carbocycles. The lowest BCUT2D eigenvalue weighted by molar-refractivity contribution is -0.151. The van der Waals surface area contributed by atoms with E-state index >= 15 is 0 Å². The molecule has 1 amide bonds. The number of aliphatic imine (C=N–C) groups is 1. The van der Waals surface area contributed by atoms with Crippen molar-refractivity contribution in [3.8, 4) is 0 Å². The van der Waals surface area contributed by atoms with Crippen LogP contribution in [0.3, 0.4) is 0 Å². The average Bonchev–Trinajstić information content (AvgIpc) is 3.39. The van der Waals surface area contributed by atoms with E-state index in [0.29, 0.717) is 36.1 Å². The van der Waals surface area contributed by atoms with Crippen LogP contribution in [-0.2, 0) is 23.9 Å². The van der Waals surface area contributed by atoms with Gasteiger partial charge in [-0.1, -0.05) is 71.9 Å². The van der Waals surface area contributed by atoms with Gasteiger partial charge in [-0.2, -0.15) is 0 Å². The number of piperidine rings is 1. The number of thioether (sulfide) groups is 1. The third kappa shape index (κ3) is 6.10. The summed E-state index contributed by atoms with van der Waals surface area (Å²) in [6, 6.07) is 17.2. The number of ether oxygens (including phenoxy) is 2. The minimum absolute atomic E-state index is 0.0646. The summed E-state index contributed by atoms with van der Waals surface area (Å²) >= 11 is 1.44. The predicted octanol–water partition coefficient (Wildman–Crippen LogP) is 5.46. The number of fused-ring (bicyclic) bond motifs is 1. The molecule has 3 aliphatic heterocycles. The molecule has 214 valence electrons. The number of rotatable bonds is 8. The van der Waals surface area contributed by atoms with Crippen molar-refractivity contribution in [2.45, 2.75) is 46.1 Å². The fourth-order valence-corrected chi connectivity index (χ4v) is 6.39. The molecule has 0 saturated carbocycles. The van der Waals surface area contributed by atoms with E-state index in [1.54, 1.807) is 18.7 Å². The van der Waals surface area contributed by atoms with E-state index < -0.39 is 12.0 Å². The highest BCUT2D eigenvalue weighted by Gasteiger charge is 2.43. The minimum atomic E-state index is -0.528. The largest absolute Gasteiger partial charge is 0.466 e. The number of benzene rings is 2. The third-order valence-electron chi connectivity index (χ3n) is 7.47. The predicted molar refractivity (Wildman–Crippen MR) is 159 cm³/mol. The van der Waals surface area contributed by atoms with Crippen molar-refractivity contribution in [2.24, 2.45) is 10.9 Å². The van der Waals surface area contributed by atoms with E-state index in [1.165, 1.54) is 11.8 Å². The Hall–Kier alpha value is -3.85. The molecule has 0 bridgehead atoms. The Kier molecular flexibility index (Phi) is 8.93. The molecule has 2 atom stereocenters. The lowest BCUT2D eigenvalue weighted by atomic mass is 9.91. The van der Waals surface area contributed by atoms with Crippen molar-refractivity contribution in [2.75, 3.05) is 26.3 Å². The summed E-state index contributed by atoms with van der Waals surface area (Å²) in [6.45, 7) is 7.11. The van der Waals surface area contributed by atoms with Crippen LogP contribution in [0, 0.1) is 12.8 Å². The van der Waals surface area contributed by atoms with Crippen LogP contribution in [-0.4, -0.2) is 59.1 Å². The van der Waals surface area contributed by atoms with Crippen LogP contribution >= 0.6 is 11.8 Å². The molecule has 2 aromatic rings. The van der Waals surface area contributed by atoms with Crippen LogP contribution < -0.4 is 0 Å². The van der Waals surface area contributed by atoms with Gasteiger partial charge in [0, 0.05) is 24.4 Å². The molecule has 2 aromatic carbocycles. The maximum atomic E-state index is 13.6. The number of hydrogen-bond acceptors (Lipinski definition) is 8. The van der Waals surface area contributed by atoms with Crippen LogP contribution in [0.4, 0.5) is 0 Å². The Morgan fingerprint density at radius 2 is 1.73 bits per heavy atom. The van der Waals surface area contributed by atoms with Gasteiger partial charge in [0.15, 0.2) is 5.17 Å². The normalized spacial score (nSPS) is 20.3. The van der Waals surface area contributed by atoms with Crippen molar-refractivity contribution in [3.63, 3.8) is 0 Å². The summed E-state index contributed by atoms with van der Waals surface area (Å²) in [7, 11) is 0. The van der Waals surface area contributed by atoms with Crippen LogP contribution in [0.25, 0.3) is 5.70 Å². The van der Waals surface area contributed by atoms with E-state index in [1.807, 2.05) is 71.8 Å². The molecule has 1 saturated heterocycles. The maximum Gasteiger partial charge on any atom is 0.338 e. The molecule has 0 radical (unpaired) electrons. The van der Waals surface area contributed by atoms with Crippen LogP contribution in [0.2, 0.25) is 0 Å². The van der Waals surface area contributed by atoms with Crippen LogP contribution in [0.5, 0.6) is 0 Å². The first-order chi connectivity index (χ1) is 19.9. The van der Waals surface area contributed by atoms with E-state index in [2.05, 4.69) is 0 Å². The van der Waals surface area contributed by atoms with E-state index in [-0.39, 0.29) is 30.8 Å². The molecule has 9 heteroatoms. The highest BCUT2D eigenvalue weighted by molar-refractivity contribution is 8.16. The molecule has 0 spiro atoms. The molecule has 3 aliphatic rings. The minimum Gasteiger partial charge on any atom is -0.466 e. The fourth-order valence-electron chi connectivity index (χ4n) is 5.48. The SMILES string of the molecule is CCOC(=O)C1=C(c2ccccc2)N=C2SC=C(CC(=O)N3CCC[C@@H](C(=O)OCC)C3)N2[C@@H]1c1ccc(C)cc1. The quantitative estimate of drug-likeness (QED) is 0.388. The Morgan fingerprint density at radius 3 is 2.44 bits per heavy atom. The number of carbonyl (C=O) groups is 3. The standard InChI is InChI=1S/C32H35N3O5S/c1-4-39-30(37)24-12-9-17-34(19-24)26(36)18-25-20-41-32-33-28(22-10-7-6-8-11-22)27(31(38)40-5-2)29(35(25)32)23-15-13-21(3)14-16-23/h6-8,10-11,13-16,20,24,29H,4-5,9,12,17-19H2,1-3H3/t24-,29-/m1/s1. The smallest absolute Gasteiger partial charge is 0.338 e. The van der Waals surface area contributed by atoms with Gasteiger partial charge in [-0.3, -0.25) is 9.59 Å². The highest BCUT2D eigenvalue weighted by atomic mass is 32.2. The van der Waals surface area contributed by atoms with Gasteiger partial charge in [-0.25, -0.2) is 9.79 Å². The number of esters is 2. The molecule has 0 aromatic heterocycles. The number of carbonyl (C=O) groups excluding carboxylic acids is 3. The molecule has 0 N–H and O–H groups in total. The first-order valence-corrected chi connectivity index (χ1v) is 15.0. The highest BCUT2D eigenvalue weighted by Crippen LogP contribution is 2.47. The number of likely N-dealkylation sites (tertiary alicyclic amines) is 1. The molecular formula is C32H35N3O5S. The van der Waals surface area contributed by atoms with Crippen molar-refractivity contribution in [3.05, 3.63) is 88.0 Å². The average molecular weight is 574 g/mol. The van der Waals surface area contributed by atoms with Crippen molar-refractivity contribution in [1.29, 1.82) is 0 Å². The number of amides is 1. The molecule has 5 rings (SSSR count). The van der Waals surface area contributed by atoms with Gasteiger partial charge in [-0.15, -0.1) is 0 Å². The van der Waals surface area contributed by atoms with E-state index in [4.69, 9.17) is 14.5 Å². The molecule has 41 heavy (non-hydrogen) atoms. The monoisotopic (exact) mass is 573 g/mol. The molecule has 8 nitrogen and oxygen atoms in total. The van der Waals surface area contributed by atoms with E-state index in [9.17, 15) is 14.4 Å². The van der Waals surface area contributed by atoms with Crippen molar-refractivity contribution < 1.29 is 23.9 Å². The second kappa shape index (κ2) is 12.8. The topological polar surface area (TPSA) is 88.5 Å². The zero-order valence-corrected chi connectivity index (χ0v) is 24.5. The Bertz CT molecular complexity index is 1400. The van der Waals surface area contributed by atoms with Crippen molar-refractivity contribution in [1.82, 2.24) is 9.80 Å². The summed E-state index contributed by atoms with van der Waals surface area (Å²) in [5.41, 5.74) is 4.60. The zero-order chi connectivity index (χ0) is 28.9. The second-order valence-electron chi connectivity index (χ2n) is 10.3. The number of amidine groups is 1.